The molecule has 0 aromatic heterocycles. The molecule has 0 aliphatic rings. The summed E-state index contributed by atoms with van der Waals surface area (Å²) in [6.45, 7) is 9.62. The molecule has 150 valence electrons. The Morgan fingerprint density at radius 2 is 1.48 bits per heavy atom. The fourth-order valence-electron chi connectivity index (χ4n) is 1.62. The number of likely N-dealkylation sites (N-methyl/N-ethyl adjacent to an activating group) is 2. The second kappa shape index (κ2) is 20.5. The molecule has 0 radical (unpaired) electrons. The van der Waals surface area contributed by atoms with E-state index < -0.39 is 0 Å². The minimum absolute atomic E-state index is 0.118. The topological polar surface area (TPSA) is 116 Å². The summed E-state index contributed by atoms with van der Waals surface area (Å²) in [7, 11) is 5.03. The van der Waals surface area contributed by atoms with Crippen molar-refractivity contribution in [3.05, 3.63) is 0 Å². The van der Waals surface area contributed by atoms with Crippen LogP contribution in [0.15, 0.2) is 0 Å². The maximum Gasteiger partial charge on any atom is 0.221 e. The highest BCUT2D eigenvalue weighted by molar-refractivity contribution is 5.76. The molecule has 4 N–H and O–H groups in total. The number of hydrogen-bond acceptors (Lipinski definition) is 6. The van der Waals surface area contributed by atoms with Gasteiger partial charge in [0.05, 0.1) is 0 Å². The third kappa shape index (κ3) is 22.5. The van der Waals surface area contributed by atoms with E-state index in [0.29, 0.717) is 18.8 Å². The van der Waals surface area contributed by atoms with E-state index in [4.69, 9.17) is 9.90 Å². The molecule has 0 aliphatic heterocycles. The van der Waals surface area contributed by atoms with Crippen LogP contribution in [-0.2, 0) is 14.4 Å². The molecule has 0 aromatic carbocycles. The van der Waals surface area contributed by atoms with Gasteiger partial charge in [-0.15, -0.1) is 0 Å². The fraction of sp³-hybridized carbons (Fsp3) is 0.824. The Labute approximate surface area is 152 Å². The lowest BCUT2D eigenvalue weighted by atomic mass is 10.1. The highest BCUT2D eigenvalue weighted by Crippen LogP contribution is 2.00. The Hall–Kier alpha value is -1.51. The second-order valence-electron chi connectivity index (χ2n) is 6.05. The van der Waals surface area contributed by atoms with Gasteiger partial charge in [-0.05, 0) is 26.9 Å². The van der Waals surface area contributed by atoms with Gasteiger partial charge in [0.2, 0.25) is 12.3 Å². The summed E-state index contributed by atoms with van der Waals surface area (Å²) < 4.78 is 0. The number of hydrogen-bond donors (Lipinski definition) is 3. The molecule has 0 rings (SSSR count). The van der Waals surface area contributed by atoms with Gasteiger partial charge in [0.1, 0.15) is 6.29 Å². The lowest BCUT2D eigenvalue weighted by molar-refractivity contribution is -0.122. The molecule has 1 unspecified atom stereocenters. The normalized spacial score (nSPS) is 11.1. The van der Waals surface area contributed by atoms with Crippen LogP contribution in [0, 0.1) is 5.92 Å². The zero-order valence-electron chi connectivity index (χ0n) is 16.7. The van der Waals surface area contributed by atoms with E-state index >= 15 is 0 Å². The molecule has 0 aromatic rings. The monoisotopic (exact) mass is 362 g/mol. The van der Waals surface area contributed by atoms with E-state index in [1.165, 1.54) is 0 Å². The highest BCUT2D eigenvalue weighted by Gasteiger charge is 2.11. The first kappa shape index (κ1) is 28.3. The zero-order chi connectivity index (χ0) is 20.3. The molecule has 0 saturated carbocycles. The Bertz CT molecular complexity index is 328. The van der Waals surface area contributed by atoms with Crippen molar-refractivity contribution < 1.29 is 19.5 Å². The van der Waals surface area contributed by atoms with Crippen LogP contribution >= 0.6 is 0 Å². The molecule has 0 spiro atoms. The van der Waals surface area contributed by atoms with Gasteiger partial charge in [-0.2, -0.15) is 0 Å². The predicted octanol–water partition coefficient (Wildman–Crippen LogP) is -0.300. The number of aliphatic hydroxyl groups excluding tert-OH is 1. The quantitative estimate of drug-likeness (QED) is 0.435. The molecule has 0 aliphatic carbocycles. The molecule has 0 saturated heterocycles. The van der Waals surface area contributed by atoms with E-state index in [1.807, 2.05) is 21.0 Å². The molecule has 0 bridgehead atoms. The average molecular weight is 363 g/mol. The smallest absolute Gasteiger partial charge is 0.221 e. The van der Waals surface area contributed by atoms with Gasteiger partial charge < -0.3 is 30.8 Å². The lowest BCUT2D eigenvalue weighted by Crippen LogP contribution is -2.38. The predicted molar refractivity (Wildman–Crippen MR) is 101 cm³/mol. The molecule has 2 amide bonds. The third-order valence-corrected chi connectivity index (χ3v) is 3.60. The van der Waals surface area contributed by atoms with Crippen LogP contribution in [-0.4, -0.2) is 86.9 Å². The summed E-state index contributed by atoms with van der Waals surface area (Å²) in [6.07, 6.45) is 2.31. The van der Waals surface area contributed by atoms with Crippen LogP contribution in [0.2, 0.25) is 0 Å². The number of rotatable bonds is 11. The number of nitrogens with one attached hydrogen (secondary N) is 1. The Balaban J connectivity index is -0.000000866. The maximum atomic E-state index is 11.8. The SMILES string of the molecule is CC(C)C(C)NC(=O)CCN(C)CCN(C)CCC=O.CO.NC=O. The first-order valence-corrected chi connectivity index (χ1v) is 8.48. The van der Waals surface area contributed by atoms with Gasteiger partial charge in [0.15, 0.2) is 0 Å². The van der Waals surface area contributed by atoms with Crippen molar-refractivity contribution >= 4 is 18.6 Å². The van der Waals surface area contributed by atoms with Gasteiger partial charge in [-0.25, -0.2) is 0 Å². The van der Waals surface area contributed by atoms with Crippen molar-refractivity contribution in [2.75, 3.05) is 47.4 Å². The lowest BCUT2D eigenvalue weighted by Gasteiger charge is -2.22. The van der Waals surface area contributed by atoms with Crippen LogP contribution in [0.1, 0.15) is 33.6 Å². The Morgan fingerprint density at radius 3 is 1.88 bits per heavy atom. The summed E-state index contributed by atoms with van der Waals surface area (Å²) in [5.74, 6) is 0.579. The number of carbonyl (C=O) groups excluding carboxylic acids is 3. The van der Waals surface area contributed by atoms with E-state index in [1.54, 1.807) is 0 Å². The molecular formula is C17H38N4O4. The fourth-order valence-corrected chi connectivity index (χ4v) is 1.62. The van der Waals surface area contributed by atoms with Crippen LogP contribution < -0.4 is 11.1 Å². The van der Waals surface area contributed by atoms with Crippen molar-refractivity contribution in [3.8, 4) is 0 Å². The zero-order valence-corrected chi connectivity index (χ0v) is 16.7. The van der Waals surface area contributed by atoms with E-state index in [0.717, 1.165) is 39.6 Å². The molecule has 25 heavy (non-hydrogen) atoms. The second-order valence-corrected chi connectivity index (χ2v) is 6.05. The largest absolute Gasteiger partial charge is 0.400 e. The molecule has 0 heterocycles. The first-order chi connectivity index (χ1) is 11.8. The van der Waals surface area contributed by atoms with Crippen molar-refractivity contribution in [2.24, 2.45) is 11.7 Å². The Kier molecular flexibility index (Phi) is 23.2. The standard InChI is InChI=1S/C15H31N3O2.CH3NO.CH4O/c1-13(2)14(3)16-15(20)7-9-18(5)11-10-17(4)8-6-12-19;2-1-3;1-2/h12-14H,6-11H2,1-5H3,(H,16,20);1H,(H2,2,3);2H,1H3. The average Bonchev–Trinajstić information content (AvgIpc) is 2.58. The number of nitrogens with zero attached hydrogens (tertiary/aromatic N) is 2. The number of amides is 2. The van der Waals surface area contributed by atoms with E-state index in [2.05, 4.69) is 34.7 Å². The summed E-state index contributed by atoms with van der Waals surface area (Å²) >= 11 is 0. The van der Waals surface area contributed by atoms with Crippen molar-refractivity contribution in [2.45, 2.75) is 39.7 Å². The van der Waals surface area contributed by atoms with Crippen molar-refractivity contribution in [3.63, 3.8) is 0 Å². The third-order valence-electron chi connectivity index (χ3n) is 3.60. The summed E-state index contributed by atoms with van der Waals surface area (Å²) in [5, 5.41) is 10.0. The maximum absolute atomic E-state index is 11.8. The number of carbonyl (C=O) groups is 3. The number of primary amides is 1. The van der Waals surface area contributed by atoms with Crippen LogP contribution in [0.25, 0.3) is 0 Å². The van der Waals surface area contributed by atoms with Gasteiger partial charge in [0, 0.05) is 52.2 Å². The molecule has 1 atom stereocenters. The van der Waals surface area contributed by atoms with Crippen LogP contribution in [0.3, 0.4) is 0 Å². The minimum Gasteiger partial charge on any atom is -0.400 e. The van der Waals surface area contributed by atoms with Crippen LogP contribution in [0.4, 0.5) is 0 Å². The highest BCUT2D eigenvalue weighted by atomic mass is 16.2. The number of aliphatic hydroxyl groups is 1. The van der Waals surface area contributed by atoms with Gasteiger partial charge >= 0.3 is 0 Å². The summed E-state index contributed by atoms with van der Waals surface area (Å²) in [6, 6.07) is 0.224. The first-order valence-electron chi connectivity index (χ1n) is 8.48. The minimum atomic E-state index is 0.118. The van der Waals surface area contributed by atoms with Crippen molar-refractivity contribution in [1.82, 2.24) is 15.1 Å². The molecular weight excluding hydrogens is 324 g/mol. The summed E-state index contributed by atoms with van der Waals surface area (Å²) in [4.78, 5) is 34.9. The number of nitrogens with two attached hydrogens (primary N) is 1. The van der Waals surface area contributed by atoms with Gasteiger partial charge in [-0.3, -0.25) is 9.59 Å². The van der Waals surface area contributed by atoms with E-state index in [9.17, 15) is 9.59 Å². The van der Waals surface area contributed by atoms with Gasteiger partial charge in [-0.1, -0.05) is 13.8 Å². The van der Waals surface area contributed by atoms with E-state index in [-0.39, 0.29) is 18.4 Å². The summed E-state index contributed by atoms with van der Waals surface area (Å²) in [5.41, 5.74) is 4.17. The molecule has 0 fully saturated rings. The number of aldehydes is 1. The molecule has 8 nitrogen and oxygen atoms in total. The van der Waals surface area contributed by atoms with Crippen LogP contribution in [0.5, 0.6) is 0 Å². The Morgan fingerprint density at radius 1 is 1.04 bits per heavy atom. The molecule has 8 heteroatoms. The van der Waals surface area contributed by atoms with Crippen molar-refractivity contribution in [1.29, 1.82) is 0 Å². The van der Waals surface area contributed by atoms with Gasteiger partial charge in [0.25, 0.3) is 0 Å².